The van der Waals surface area contributed by atoms with Crippen molar-refractivity contribution < 1.29 is 0 Å². The molecule has 9 aromatic rings. The van der Waals surface area contributed by atoms with Crippen LogP contribution in [0.15, 0.2) is 158 Å². The van der Waals surface area contributed by atoms with Gasteiger partial charge in [-0.05, 0) is 74.0 Å². The van der Waals surface area contributed by atoms with Crippen LogP contribution in [-0.4, -0.2) is 9.55 Å². The molecule has 0 fully saturated rings. The lowest BCUT2D eigenvalue weighted by molar-refractivity contribution is 0.645. The predicted molar refractivity (Wildman–Crippen MR) is 202 cm³/mol. The lowest BCUT2D eigenvalue weighted by Gasteiger charge is -2.35. The normalized spacial score (nSPS) is 13.4. The van der Waals surface area contributed by atoms with E-state index in [-0.39, 0.29) is 5.41 Å². The van der Waals surface area contributed by atoms with Crippen molar-refractivity contribution in [1.29, 1.82) is 0 Å². The van der Waals surface area contributed by atoms with E-state index in [1.54, 1.807) is 0 Å². The van der Waals surface area contributed by atoms with Crippen molar-refractivity contribution in [2.24, 2.45) is 0 Å². The highest BCUT2D eigenvalue weighted by molar-refractivity contribution is 6.24. The van der Waals surface area contributed by atoms with E-state index in [2.05, 4.69) is 176 Å². The number of hydrogen-bond donors (Lipinski definition) is 0. The first-order chi connectivity index (χ1) is 23.6. The number of para-hydroxylation sites is 2. The minimum absolute atomic E-state index is 0.0972. The Morgan fingerprint density at radius 3 is 2.00 bits per heavy atom. The van der Waals surface area contributed by atoms with Crippen LogP contribution < -0.4 is 0 Å². The van der Waals surface area contributed by atoms with Crippen LogP contribution >= 0.6 is 0 Å². The second kappa shape index (κ2) is 10.0. The minimum Gasteiger partial charge on any atom is -0.294 e. The Morgan fingerprint density at radius 2 is 1.15 bits per heavy atom. The highest BCUT2D eigenvalue weighted by Crippen LogP contribution is 2.53. The summed E-state index contributed by atoms with van der Waals surface area (Å²) < 4.78 is 2.39. The van der Waals surface area contributed by atoms with Crippen LogP contribution in [0.2, 0.25) is 0 Å². The molecule has 2 nitrogen and oxygen atoms in total. The summed E-state index contributed by atoms with van der Waals surface area (Å²) in [6.45, 7) is 4.73. The Morgan fingerprint density at radius 1 is 0.479 bits per heavy atom. The first-order valence-electron chi connectivity index (χ1n) is 16.7. The molecule has 0 atom stereocenters. The Labute approximate surface area is 279 Å². The number of pyridine rings is 1. The molecule has 0 unspecified atom stereocenters. The van der Waals surface area contributed by atoms with Gasteiger partial charge in [-0.3, -0.25) is 4.57 Å². The van der Waals surface area contributed by atoms with Crippen molar-refractivity contribution in [2.75, 3.05) is 0 Å². The highest BCUT2D eigenvalue weighted by atomic mass is 15.1. The fourth-order valence-electron chi connectivity index (χ4n) is 8.32. The molecule has 0 spiro atoms. The van der Waals surface area contributed by atoms with E-state index < -0.39 is 0 Å². The molecule has 0 N–H and O–H groups in total. The van der Waals surface area contributed by atoms with E-state index in [1.165, 1.54) is 71.6 Å². The Kier molecular flexibility index (Phi) is 5.66. The van der Waals surface area contributed by atoms with Gasteiger partial charge in [0.05, 0.1) is 16.6 Å². The first-order valence-corrected chi connectivity index (χ1v) is 16.7. The third-order valence-electron chi connectivity index (χ3n) is 10.6. The van der Waals surface area contributed by atoms with Crippen LogP contribution in [0.1, 0.15) is 25.0 Å². The van der Waals surface area contributed by atoms with Crippen LogP contribution in [0.25, 0.3) is 82.7 Å². The number of benzene rings is 7. The SMILES string of the molecule is CC1(C)c2ccccc2-c2c3c1cccc3cc1c2c2ccccc2n1-c1cc(-c2ccc(-c3ccccc3)cc2)c2ccccc2n1. The summed E-state index contributed by atoms with van der Waals surface area (Å²) in [7, 11) is 0. The van der Waals surface area contributed by atoms with Gasteiger partial charge in [-0.25, -0.2) is 4.98 Å². The van der Waals surface area contributed by atoms with Gasteiger partial charge in [-0.2, -0.15) is 0 Å². The van der Waals surface area contributed by atoms with Crippen LogP contribution in [0.3, 0.4) is 0 Å². The summed E-state index contributed by atoms with van der Waals surface area (Å²) in [4.78, 5) is 5.37. The van der Waals surface area contributed by atoms with Gasteiger partial charge in [0.15, 0.2) is 0 Å². The van der Waals surface area contributed by atoms with Gasteiger partial charge in [0.1, 0.15) is 5.82 Å². The van der Waals surface area contributed by atoms with E-state index >= 15 is 0 Å². The number of hydrogen-bond acceptors (Lipinski definition) is 1. The zero-order valence-corrected chi connectivity index (χ0v) is 26.9. The fraction of sp³-hybridized carbons (Fsp3) is 0.0652. The summed E-state index contributed by atoms with van der Waals surface area (Å²) >= 11 is 0. The molecule has 226 valence electrons. The molecule has 2 heterocycles. The molecular formula is C46H32N2. The molecule has 0 radical (unpaired) electrons. The number of fused-ring (bicyclic) bond motifs is 7. The molecule has 1 aliphatic carbocycles. The third-order valence-corrected chi connectivity index (χ3v) is 10.6. The monoisotopic (exact) mass is 612 g/mol. The van der Waals surface area contributed by atoms with Gasteiger partial charge in [0, 0.05) is 27.1 Å². The molecule has 1 aliphatic rings. The van der Waals surface area contributed by atoms with Gasteiger partial charge in [-0.15, -0.1) is 0 Å². The van der Waals surface area contributed by atoms with Crippen LogP contribution in [0.4, 0.5) is 0 Å². The summed E-state index contributed by atoms with van der Waals surface area (Å²) in [5.41, 5.74) is 13.4. The molecule has 0 bridgehead atoms. The van der Waals surface area contributed by atoms with Gasteiger partial charge in [0.2, 0.25) is 0 Å². The van der Waals surface area contributed by atoms with Crippen molar-refractivity contribution in [1.82, 2.24) is 9.55 Å². The molecule has 2 heteroatoms. The fourth-order valence-corrected chi connectivity index (χ4v) is 8.32. The molecular weight excluding hydrogens is 581 g/mol. The molecule has 2 aromatic heterocycles. The second-order valence-corrected chi connectivity index (χ2v) is 13.6. The quantitative estimate of drug-likeness (QED) is 0.194. The summed E-state index contributed by atoms with van der Waals surface area (Å²) in [5.74, 6) is 0.925. The molecule has 48 heavy (non-hydrogen) atoms. The molecule has 7 aromatic carbocycles. The molecule has 0 saturated heterocycles. The summed E-state index contributed by atoms with van der Waals surface area (Å²) in [6, 6.07) is 57.4. The number of aromatic nitrogens is 2. The Hall–Kier alpha value is -5.99. The van der Waals surface area contributed by atoms with Crippen LogP contribution in [-0.2, 0) is 5.41 Å². The van der Waals surface area contributed by atoms with Crippen molar-refractivity contribution in [3.05, 3.63) is 169 Å². The summed E-state index contributed by atoms with van der Waals surface area (Å²) in [6.07, 6.45) is 0. The van der Waals surface area contributed by atoms with Gasteiger partial charge >= 0.3 is 0 Å². The highest BCUT2D eigenvalue weighted by Gasteiger charge is 2.35. The van der Waals surface area contributed by atoms with Gasteiger partial charge < -0.3 is 0 Å². The average molecular weight is 613 g/mol. The molecule has 0 saturated carbocycles. The summed E-state index contributed by atoms with van der Waals surface area (Å²) in [5, 5.41) is 6.31. The Balaban J connectivity index is 1.29. The molecule has 0 amide bonds. The number of rotatable bonds is 3. The number of nitrogens with zero attached hydrogens (tertiary/aromatic N) is 2. The van der Waals surface area contributed by atoms with Crippen LogP contribution in [0, 0.1) is 0 Å². The van der Waals surface area contributed by atoms with E-state index in [9.17, 15) is 0 Å². The maximum Gasteiger partial charge on any atom is 0.138 e. The third kappa shape index (κ3) is 3.77. The zero-order valence-electron chi connectivity index (χ0n) is 26.9. The second-order valence-electron chi connectivity index (χ2n) is 13.6. The maximum atomic E-state index is 5.37. The average Bonchev–Trinajstić information content (AvgIpc) is 3.47. The Bertz CT molecular complexity index is 2730. The van der Waals surface area contributed by atoms with E-state index in [0.29, 0.717) is 0 Å². The standard InChI is InChI=1S/C46H32N2/c1-46(2)37-19-9-6-17-34(37)45-43-32(15-12-20-38(43)46)27-41-44(45)35-18-8-11-22-40(35)48(41)42-28-36(33-16-7-10-21-39(33)47-42)31-25-23-30(24-26-31)29-13-4-3-5-14-29/h3-28H,1-2H3. The topological polar surface area (TPSA) is 17.8 Å². The molecule has 0 aliphatic heterocycles. The molecule has 10 rings (SSSR count). The van der Waals surface area contributed by atoms with E-state index in [0.717, 1.165) is 22.2 Å². The van der Waals surface area contributed by atoms with Crippen molar-refractivity contribution in [2.45, 2.75) is 19.3 Å². The van der Waals surface area contributed by atoms with Crippen molar-refractivity contribution >= 4 is 43.5 Å². The first kappa shape index (κ1) is 27.2. The predicted octanol–water partition coefficient (Wildman–Crippen LogP) is 12.1. The lowest BCUT2D eigenvalue weighted by Crippen LogP contribution is -2.23. The van der Waals surface area contributed by atoms with Crippen LogP contribution in [0.5, 0.6) is 0 Å². The van der Waals surface area contributed by atoms with Gasteiger partial charge in [-0.1, -0.05) is 147 Å². The minimum atomic E-state index is -0.0972. The van der Waals surface area contributed by atoms with Crippen molar-refractivity contribution in [3.63, 3.8) is 0 Å². The lowest BCUT2D eigenvalue weighted by atomic mass is 9.68. The maximum absolute atomic E-state index is 5.37. The van der Waals surface area contributed by atoms with Crippen molar-refractivity contribution in [3.8, 4) is 39.2 Å². The van der Waals surface area contributed by atoms with E-state index in [1.807, 2.05) is 0 Å². The zero-order chi connectivity index (χ0) is 32.0. The largest absolute Gasteiger partial charge is 0.294 e. The van der Waals surface area contributed by atoms with Gasteiger partial charge in [0.25, 0.3) is 0 Å². The van der Waals surface area contributed by atoms with E-state index in [4.69, 9.17) is 4.98 Å². The smallest absolute Gasteiger partial charge is 0.138 e.